The minimum Gasteiger partial charge on any atom is -0.488 e. The highest BCUT2D eigenvalue weighted by Gasteiger charge is 2.22. The van der Waals surface area contributed by atoms with Gasteiger partial charge in [-0.1, -0.05) is 18.2 Å². The fourth-order valence-corrected chi connectivity index (χ4v) is 2.41. The average molecular weight is 333 g/mol. The van der Waals surface area contributed by atoms with Crippen molar-refractivity contribution < 1.29 is 9.53 Å². The molecule has 0 bridgehead atoms. The largest absolute Gasteiger partial charge is 0.488 e. The van der Waals surface area contributed by atoms with Gasteiger partial charge in [0, 0.05) is 17.1 Å². The lowest BCUT2D eigenvalue weighted by atomic mass is 10.1. The molecule has 2 heterocycles. The number of pyridine rings is 1. The first-order chi connectivity index (χ1) is 9.72. The Bertz CT molecular complexity index is 603. The van der Waals surface area contributed by atoms with Gasteiger partial charge in [-0.3, -0.25) is 4.79 Å². The Morgan fingerprint density at radius 3 is 2.95 bits per heavy atom. The van der Waals surface area contributed by atoms with Crippen molar-refractivity contribution in [1.29, 1.82) is 0 Å². The topological polar surface area (TPSA) is 51.2 Å². The molecule has 0 aliphatic carbocycles. The molecule has 1 atom stereocenters. The number of benzene rings is 1. The van der Waals surface area contributed by atoms with Crippen molar-refractivity contribution in [2.45, 2.75) is 12.5 Å². The third kappa shape index (κ3) is 2.82. The van der Waals surface area contributed by atoms with Crippen LogP contribution in [0.15, 0.2) is 47.1 Å². The molecule has 0 spiro atoms. The smallest absolute Gasteiger partial charge is 0.270 e. The number of nitrogens with zero attached hydrogens (tertiary/aromatic N) is 1. The number of halogens is 1. The number of rotatable bonds is 3. The van der Waals surface area contributed by atoms with Crippen molar-refractivity contribution in [1.82, 2.24) is 10.3 Å². The molecule has 102 valence electrons. The first-order valence-corrected chi connectivity index (χ1v) is 7.16. The van der Waals surface area contributed by atoms with Gasteiger partial charge in [0.2, 0.25) is 0 Å². The van der Waals surface area contributed by atoms with Crippen LogP contribution < -0.4 is 10.1 Å². The number of fused-ring (bicyclic) bond motifs is 1. The van der Waals surface area contributed by atoms with Crippen LogP contribution in [0, 0.1) is 0 Å². The maximum absolute atomic E-state index is 11.9. The van der Waals surface area contributed by atoms with Crippen molar-refractivity contribution in [3.05, 3.63) is 58.3 Å². The van der Waals surface area contributed by atoms with Gasteiger partial charge in [-0.25, -0.2) is 4.98 Å². The summed E-state index contributed by atoms with van der Waals surface area (Å²) in [5.74, 6) is 0.727. The highest BCUT2D eigenvalue weighted by atomic mass is 79.9. The number of hydrogen-bond donors (Lipinski definition) is 1. The summed E-state index contributed by atoms with van der Waals surface area (Å²) in [6.45, 7) is 0.477. The lowest BCUT2D eigenvalue weighted by Gasteiger charge is -2.11. The highest BCUT2D eigenvalue weighted by Crippen LogP contribution is 2.27. The van der Waals surface area contributed by atoms with Crippen LogP contribution in [-0.4, -0.2) is 23.5 Å². The molecule has 1 aromatic carbocycles. The minimum atomic E-state index is -0.183. The number of aromatic nitrogens is 1. The van der Waals surface area contributed by atoms with Crippen LogP contribution in [0.2, 0.25) is 0 Å². The van der Waals surface area contributed by atoms with E-state index in [1.165, 1.54) is 5.56 Å². The van der Waals surface area contributed by atoms with Gasteiger partial charge in [0.05, 0.1) is 6.54 Å². The number of hydrogen-bond acceptors (Lipinski definition) is 3. The van der Waals surface area contributed by atoms with Crippen LogP contribution in [0.25, 0.3) is 0 Å². The molecule has 1 N–H and O–H groups in total. The van der Waals surface area contributed by atoms with E-state index < -0.39 is 0 Å². The van der Waals surface area contributed by atoms with Gasteiger partial charge in [-0.15, -0.1) is 0 Å². The molecular weight excluding hydrogens is 320 g/mol. The molecule has 0 radical (unpaired) electrons. The second kappa shape index (κ2) is 5.63. The summed E-state index contributed by atoms with van der Waals surface area (Å²) < 4.78 is 6.62. The van der Waals surface area contributed by atoms with E-state index in [0.717, 1.165) is 16.6 Å². The fourth-order valence-electron chi connectivity index (χ4n) is 2.18. The van der Waals surface area contributed by atoms with E-state index in [1.54, 1.807) is 18.3 Å². The first kappa shape index (κ1) is 13.1. The molecule has 1 aromatic heterocycles. The van der Waals surface area contributed by atoms with Gasteiger partial charge in [0.1, 0.15) is 17.5 Å². The van der Waals surface area contributed by atoms with Crippen molar-refractivity contribution in [3.8, 4) is 5.75 Å². The minimum absolute atomic E-state index is 0.00759. The van der Waals surface area contributed by atoms with E-state index >= 15 is 0 Å². The maximum Gasteiger partial charge on any atom is 0.270 e. The highest BCUT2D eigenvalue weighted by molar-refractivity contribution is 9.10. The molecule has 1 aliphatic rings. The lowest BCUT2D eigenvalue weighted by Crippen LogP contribution is -2.34. The quantitative estimate of drug-likeness (QED) is 0.939. The van der Waals surface area contributed by atoms with Gasteiger partial charge < -0.3 is 10.1 Å². The Balaban J connectivity index is 1.56. The predicted molar refractivity (Wildman–Crippen MR) is 78.8 cm³/mol. The van der Waals surface area contributed by atoms with E-state index in [1.807, 2.05) is 24.3 Å². The normalized spacial score (nSPS) is 16.4. The summed E-state index contributed by atoms with van der Waals surface area (Å²) >= 11 is 3.29. The number of amides is 1. The number of carbonyl (C=O) groups excluding carboxylic acids is 1. The van der Waals surface area contributed by atoms with Gasteiger partial charge in [-0.05, 0) is 39.7 Å². The first-order valence-electron chi connectivity index (χ1n) is 6.37. The van der Waals surface area contributed by atoms with E-state index in [9.17, 15) is 4.79 Å². The number of nitrogens with one attached hydrogen (secondary N) is 1. The molecule has 0 fully saturated rings. The molecule has 0 saturated carbocycles. The van der Waals surface area contributed by atoms with Crippen LogP contribution >= 0.6 is 15.9 Å². The van der Waals surface area contributed by atoms with Crippen LogP contribution in [-0.2, 0) is 6.42 Å². The van der Waals surface area contributed by atoms with E-state index in [2.05, 4.69) is 26.2 Å². The molecule has 1 amide bonds. The van der Waals surface area contributed by atoms with Crippen LogP contribution in [0.3, 0.4) is 0 Å². The molecule has 1 aliphatic heterocycles. The van der Waals surface area contributed by atoms with Gasteiger partial charge in [-0.2, -0.15) is 0 Å². The lowest BCUT2D eigenvalue weighted by molar-refractivity contribution is 0.0928. The van der Waals surface area contributed by atoms with E-state index in [4.69, 9.17) is 4.74 Å². The van der Waals surface area contributed by atoms with Gasteiger partial charge in [0.15, 0.2) is 0 Å². The Hall–Kier alpha value is -1.88. The van der Waals surface area contributed by atoms with E-state index in [0.29, 0.717) is 12.2 Å². The molecule has 4 nitrogen and oxygen atoms in total. The zero-order valence-corrected chi connectivity index (χ0v) is 12.3. The monoisotopic (exact) mass is 332 g/mol. The number of ether oxygens (including phenoxy) is 1. The van der Waals surface area contributed by atoms with Crippen LogP contribution in [0.4, 0.5) is 0 Å². The summed E-state index contributed by atoms with van der Waals surface area (Å²) in [5.41, 5.74) is 1.59. The molecule has 0 saturated heterocycles. The van der Waals surface area contributed by atoms with Crippen molar-refractivity contribution in [2.24, 2.45) is 0 Å². The zero-order valence-electron chi connectivity index (χ0n) is 10.7. The zero-order chi connectivity index (χ0) is 13.9. The van der Waals surface area contributed by atoms with Crippen molar-refractivity contribution >= 4 is 21.8 Å². The van der Waals surface area contributed by atoms with Crippen molar-refractivity contribution in [3.63, 3.8) is 0 Å². The van der Waals surface area contributed by atoms with Gasteiger partial charge >= 0.3 is 0 Å². The standard InChI is InChI=1S/C15H13BrN2O2/c16-11-5-6-13(17-8-11)15(19)18-9-12-7-10-3-1-2-4-14(10)20-12/h1-6,8,12H,7,9H2,(H,18,19). The summed E-state index contributed by atoms with van der Waals surface area (Å²) in [4.78, 5) is 16.0. The maximum atomic E-state index is 11.9. The molecule has 5 heteroatoms. The summed E-state index contributed by atoms with van der Waals surface area (Å²) in [7, 11) is 0. The summed E-state index contributed by atoms with van der Waals surface area (Å²) in [5, 5.41) is 2.85. The summed E-state index contributed by atoms with van der Waals surface area (Å²) in [6, 6.07) is 11.4. The molecule has 1 unspecified atom stereocenters. The molecule has 3 rings (SSSR count). The Morgan fingerprint density at radius 2 is 2.20 bits per heavy atom. The Morgan fingerprint density at radius 1 is 1.35 bits per heavy atom. The molecule has 20 heavy (non-hydrogen) atoms. The van der Waals surface area contributed by atoms with Crippen LogP contribution in [0.1, 0.15) is 16.1 Å². The number of carbonyl (C=O) groups is 1. The Kier molecular flexibility index (Phi) is 3.69. The molecule has 2 aromatic rings. The van der Waals surface area contributed by atoms with Crippen LogP contribution in [0.5, 0.6) is 5.75 Å². The SMILES string of the molecule is O=C(NCC1Cc2ccccc2O1)c1ccc(Br)cn1. The molecular formula is C15H13BrN2O2. The second-order valence-electron chi connectivity index (χ2n) is 4.62. The van der Waals surface area contributed by atoms with Gasteiger partial charge in [0.25, 0.3) is 5.91 Å². The third-order valence-corrected chi connectivity index (χ3v) is 3.63. The average Bonchev–Trinajstić information content (AvgIpc) is 2.88. The van der Waals surface area contributed by atoms with E-state index in [-0.39, 0.29) is 12.0 Å². The Labute approximate surface area is 125 Å². The second-order valence-corrected chi connectivity index (χ2v) is 5.54. The predicted octanol–water partition coefficient (Wildman–Crippen LogP) is 2.58. The fraction of sp³-hybridized carbons (Fsp3) is 0.200. The third-order valence-electron chi connectivity index (χ3n) is 3.16. The van der Waals surface area contributed by atoms with Crippen molar-refractivity contribution in [2.75, 3.05) is 6.54 Å². The summed E-state index contributed by atoms with van der Waals surface area (Å²) in [6.07, 6.45) is 2.42. The number of para-hydroxylation sites is 1.